The summed E-state index contributed by atoms with van der Waals surface area (Å²) in [5, 5.41) is 21.8. The average Bonchev–Trinajstić information content (AvgIpc) is 3.31. The van der Waals surface area contributed by atoms with Crippen molar-refractivity contribution in [3.05, 3.63) is 96.9 Å². The summed E-state index contributed by atoms with van der Waals surface area (Å²) in [6.07, 6.45) is 8.73. The van der Waals surface area contributed by atoms with Gasteiger partial charge >= 0.3 is 0 Å². The van der Waals surface area contributed by atoms with Gasteiger partial charge < -0.3 is 21.1 Å². The highest BCUT2D eigenvalue weighted by Gasteiger charge is 2.21. The molecule has 5 N–H and O–H groups in total. The molecule has 2 aromatic heterocycles. The number of allylic oxidation sites excluding steroid dienone is 1. The molecule has 0 aliphatic heterocycles. The second kappa shape index (κ2) is 11.2. The number of amidine groups is 1. The molecule has 2 heterocycles. The normalized spacial score (nSPS) is 12.4. The fraction of sp³-hybridized carbons (Fsp3) is 0. The number of anilines is 1. The van der Waals surface area contributed by atoms with Crippen molar-refractivity contribution in [1.82, 2.24) is 15.2 Å². The van der Waals surface area contributed by atoms with Gasteiger partial charge in [-0.25, -0.2) is 4.98 Å². The molecule has 0 amide bonds. The number of pyridine rings is 1. The zero-order chi connectivity index (χ0) is 24.5. The average molecular weight is 477 g/mol. The Bertz CT molecular complexity index is 1310. The van der Waals surface area contributed by atoms with Crippen LogP contribution in [0.5, 0.6) is 5.88 Å². The number of para-hydroxylation sites is 1. The minimum Gasteiger partial charge on any atom is -0.493 e. The molecule has 0 bridgehead atoms. The molecule has 0 saturated carbocycles. The van der Waals surface area contributed by atoms with E-state index in [1.165, 1.54) is 30.7 Å². The summed E-state index contributed by atoms with van der Waals surface area (Å²) in [5.41, 5.74) is 7.41. The van der Waals surface area contributed by atoms with Crippen LogP contribution in [0, 0.1) is 0 Å². The van der Waals surface area contributed by atoms with E-state index in [0.717, 1.165) is 0 Å². The lowest BCUT2D eigenvalue weighted by Crippen LogP contribution is -2.33. The van der Waals surface area contributed by atoms with Crippen LogP contribution in [0.2, 0.25) is 5.02 Å². The first-order valence-corrected chi connectivity index (χ1v) is 10.1. The predicted octanol–water partition coefficient (Wildman–Crippen LogP) is 3.85. The number of hydrazone groups is 1. The Morgan fingerprint density at radius 1 is 1.21 bits per heavy atom. The van der Waals surface area contributed by atoms with E-state index < -0.39 is 0 Å². The molecule has 0 saturated heterocycles. The summed E-state index contributed by atoms with van der Waals surface area (Å²) >= 11 is 6.45. The highest BCUT2D eigenvalue weighted by Crippen LogP contribution is 2.29. The van der Waals surface area contributed by atoms with Gasteiger partial charge in [-0.1, -0.05) is 36.9 Å². The van der Waals surface area contributed by atoms with E-state index in [1.54, 1.807) is 47.4 Å². The summed E-state index contributed by atoms with van der Waals surface area (Å²) in [4.78, 5) is 9.53. The first kappa shape index (κ1) is 24.0. The number of benzene rings is 1. The molecule has 34 heavy (non-hydrogen) atoms. The summed E-state index contributed by atoms with van der Waals surface area (Å²) < 4.78 is 5.64. The van der Waals surface area contributed by atoms with Gasteiger partial charge in [0.15, 0.2) is 5.84 Å². The maximum Gasteiger partial charge on any atom is 0.248 e. The van der Waals surface area contributed by atoms with E-state index in [9.17, 15) is 5.11 Å². The standard InChI is InChI=1S/C23H21ClN8O2/c1-3-27-18(10-12-25)15(2)32(19-7-5-4-6-17(19)24)20(29-26)8-9-22-30-31-23(34-22)16-11-13-28-21(33)14-16/h3-14H,1-2,25-26H2,(H,28,33)/b9-8+,12-10-,27-18+,29-20-. The van der Waals surface area contributed by atoms with Crippen LogP contribution < -0.4 is 16.5 Å². The second-order valence-electron chi connectivity index (χ2n) is 6.46. The highest BCUT2D eigenvalue weighted by atomic mass is 35.5. The Labute approximate surface area is 200 Å². The number of hydrogen-bond donors (Lipinski definition) is 3. The summed E-state index contributed by atoms with van der Waals surface area (Å²) in [6, 6.07) is 10.1. The van der Waals surface area contributed by atoms with Crippen LogP contribution in [0.25, 0.3) is 17.5 Å². The third-order valence-electron chi connectivity index (χ3n) is 4.31. The Morgan fingerprint density at radius 3 is 2.68 bits per heavy atom. The van der Waals surface area contributed by atoms with Crippen molar-refractivity contribution in [1.29, 1.82) is 0 Å². The zero-order valence-electron chi connectivity index (χ0n) is 17.9. The van der Waals surface area contributed by atoms with Crippen molar-refractivity contribution >= 4 is 34.9 Å². The number of aliphatic imine (C=N–C) groups is 1. The van der Waals surface area contributed by atoms with Gasteiger partial charge in [-0.15, -0.1) is 10.2 Å². The van der Waals surface area contributed by atoms with E-state index in [4.69, 9.17) is 27.6 Å². The molecule has 0 spiro atoms. The number of halogens is 1. The van der Waals surface area contributed by atoms with Crippen molar-refractivity contribution in [3.8, 4) is 17.3 Å². The molecule has 0 unspecified atom stereocenters. The molecule has 172 valence electrons. The van der Waals surface area contributed by atoms with E-state index in [-0.39, 0.29) is 23.5 Å². The monoisotopic (exact) mass is 476 g/mol. The lowest BCUT2D eigenvalue weighted by Gasteiger charge is -2.27. The van der Waals surface area contributed by atoms with Gasteiger partial charge in [0, 0.05) is 30.1 Å². The SMILES string of the molecule is C=C/N=C(\C=C/N)C(=C)N(C(/C=C/c1nnc(-c2ccnc(O)c2)o1)=N\N)c1ccccc1Cl. The molecule has 10 nitrogen and oxygen atoms in total. The van der Waals surface area contributed by atoms with Gasteiger partial charge in [0.25, 0.3) is 0 Å². The van der Waals surface area contributed by atoms with E-state index in [2.05, 4.69) is 38.4 Å². The number of rotatable bonds is 8. The molecule has 0 fully saturated rings. The first-order valence-electron chi connectivity index (χ1n) is 9.74. The van der Waals surface area contributed by atoms with Crippen molar-refractivity contribution in [2.45, 2.75) is 0 Å². The number of nitrogens with zero attached hydrogens (tertiary/aromatic N) is 6. The molecule has 1 aromatic carbocycles. The van der Waals surface area contributed by atoms with Gasteiger partial charge in [-0.2, -0.15) is 5.10 Å². The van der Waals surface area contributed by atoms with Gasteiger partial charge in [0.05, 0.1) is 22.1 Å². The van der Waals surface area contributed by atoms with Gasteiger partial charge in [-0.3, -0.25) is 9.89 Å². The van der Waals surface area contributed by atoms with Crippen molar-refractivity contribution in [2.75, 3.05) is 4.90 Å². The van der Waals surface area contributed by atoms with E-state index in [1.807, 2.05) is 0 Å². The second-order valence-corrected chi connectivity index (χ2v) is 6.87. The Hall–Kier alpha value is -4.70. The minimum absolute atomic E-state index is 0.164. The van der Waals surface area contributed by atoms with Gasteiger partial charge in [-0.05, 0) is 36.6 Å². The topological polar surface area (TPSA) is 152 Å². The lowest BCUT2D eigenvalue weighted by atomic mass is 10.2. The molecule has 0 aliphatic rings. The molecule has 3 rings (SSSR count). The third kappa shape index (κ3) is 5.56. The van der Waals surface area contributed by atoms with Crippen LogP contribution in [0.4, 0.5) is 5.69 Å². The van der Waals surface area contributed by atoms with Gasteiger partial charge in [0.2, 0.25) is 17.7 Å². The molecule has 0 atom stereocenters. The predicted molar refractivity (Wildman–Crippen MR) is 134 cm³/mol. The van der Waals surface area contributed by atoms with Crippen LogP contribution in [0.15, 0.2) is 101 Å². The first-order chi connectivity index (χ1) is 16.5. The van der Waals surface area contributed by atoms with Crippen LogP contribution in [-0.2, 0) is 0 Å². The van der Waals surface area contributed by atoms with Gasteiger partial charge in [0.1, 0.15) is 0 Å². The molecule has 11 heteroatoms. The fourth-order valence-corrected chi connectivity index (χ4v) is 3.07. The smallest absolute Gasteiger partial charge is 0.248 e. The molecule has 0 radical (unpaired) electrons. The lowest BCUT2D eigenvalue weighted by molar-refractivity contribution is 0.453. The number of hydrogen-bond acceptors (Lipinski definition) is 9. The van der Waals surface area contributed by atoms with Crippen molar-refractivity contribution < 1.29 is 9.52 Å². The number of aromatic nitrogens is 3. The van der Waals surface area contributed by atoms with Crippen LogP contribution in [0.1, 0.15) is 5.89 Å². The fourth-order valence-electron chi connectivity index (χ4n) is 2.85. The van der Waals surface area contributed by atoms with Crippen LogP contribution in [0.3, 0.4) is 0 Å². The maximum atomic E-state index is 9.56. The Kier molecular flexibility index (Phi) is 7.93. The number of aromatic hydroxyl groups is 1. The summed E-state index contributed by atoms with van der Waals surface area (Å²) in [5.74, 6) is 6.17. The minimum atomic E-state index is -0.164. The third-order valence-corrected chi connectivity index (χ3v) is 4.63. The Balaban J connectivity index is 1.99. The Morgan fingerprint density at radius 2 is 2.00 bits per heavy atom. The highest BCUT2D eigenvalue weighted by molar-refractivity contribution is 6.35. The maximum absolute atomic E-state index is 9.56. The molecular formula is C23H21ClN8O2. The van der Waals surface area contributed by atoms with E-state index in [0.29, 0.717) is 27.7 Å². The molecule has 3 aromatic rings. The summed E-state index contributed by atoms with van der Waals surface area (Å²) in [6.45, 7) is 7.74. The van der Waals surface area contributed by atoms with Crippen molar-refractivity contribution in [2.24, 2.45) is 21.7 Å². The largest absolute Gasteiger partial charge is 0.493 e. The van der Waals surface area contributed by atoms with E-state index >= 15 is 0 Å². The summed E-state index contributed by atoms with van der Waals surface area (Å²) in [7, 11) is 0. The van der Waals surface area contributed by atoms with Crippen molar-refractivity contribution in [3.63, 3.8) is 0 Å². The zero-order valence-corrected chi connectivity index (χ0v) is 18.7. The van der Waals surface area contributed by atoms with Crippen LogP contribution >= 0.6 is 11.6 Å². The molecular weight excluding hydrogens is 456 g/mol. The number of nitrogens with two attached hydrogens (primary N) is 2. The van der Waals surface area contributed by atoms with Crippen LogP contribution in [-0.4, -0.2) is 31.8 Å². The quantitative estimate of drug-likeness (QED) is 0.192. The molecule has 0 aliphatic carbocycles.